The Morgan fingerprint density at radius 3 is 2.53 bits per heavy atom. The van der Waals surface area contributed by atoms with Crippen LogP contribution in [0.25, 0.3) is 17.0 Å². The predicted octanol–water partition coefficient (Wildman–Crippen LogP) is 4.21. The second-order valence-electron chi connectivity index (χ2n) is 8.24. The molecule has 1 fully saturated rings. The Hall–Kier alpha value is -4.92. The van der Waals surface area contributed by atoms with Crippen LogP contribution in [-0.2, 0) is 22.6 Å². The number of anilines is 1. The average molecular weight is 483 g/mol. The van der Waals surface area contributed by atoms with Crippen LogP contribution in [-0.4, -0.2) is 33.5 Å². The zero-order valence-electron chi connectivity index (χ0n) is 19.2. The molecule has 5 rings (SSSR count). The van der Waals surface area contributed by atoms with Gasteiger partial charge in [-0.15, -0.1) is 0 Å². The number of para-hydroxylation sites is 2. The third-order valence-corrected chi connectivity index (χ3v) is 6.03. The lowest BCUT2D eigenvalue weighted by atomic mass is 10.0. The van der Waals surface area contributed by atoms with Crippen molar-refractivity contribution in [1.29, 1.82) is 0 Å². The minimum absolute atomic E-state index is 0.162. The largest absolute Gasteiger partial charge is 0.475 e. The van der Waals surface area contributed by atoms with Gasteiger partial charge in [0, 0.05) is 22.7 Å². The Labute approximate surface area is 205 Å². The highest BCUT2D eigenvalue weighted by Gasteiger charge is 2.37. The Kier molecular flexibility index (Phi) is 5.73. The highest BCUT2D eigenvalue weighted by molar-refractivity contribution is 6.39. The molecule has 2 aromatic carbocycles. The van der Waals surface area contributed by atoms with E-state index in [9.17, 15) is 19.2 Å². The lowest BCUT2D eigenvalue weighted by Crippen LogP contribution is -2.54. The number of furan rings is 1. The van der Waals surface area contributed by atoms with Crippen molar-refractivity contribution in [3.63, 3.8) is 0 Å². The van der Waals surface area contributed by atoms with Crippen LogP contribution in [0.15, 0.2) is 76.9 Å². The first-order valence-corrected chi connectivity index (χ1v) is 11.3. The van der Waals surface area contributed by atoms with Crippen LogP contribution in [0.1, 0.15) is 34.4 Å². The van der Waals surface area contributed by atoms with Gasteiger partial charge >= 0.3 is 12.0 Å². The molecule has 4 amide bonds. The molecule has 1 aliphatic rings. The van der Waals surface area contributed by atoms with Crippen molar-refractivity contribution in [1.82, 2.24) is 9.88 Å². The summed E-state index contributed by atoms with van der Waals surface area (Å²) in [6, 6.07) is 16.6. The normalized spacial score (nSPS) is 15.1. The fourth-order valence-electron chi connectivity index (χ4n) is 4.33. The molecule has 1 saturated heterocycles. The number of barbiturate groups is 1. The van der Waals surface area contributed by atoms with Gasteiger partial charge in [0.1, 0.15) is 11.3 Å². The third kappa shape index (κ3) is 3.96. The van der Waals surface area contributed by atoms with E-state index in [0.29, 0.717) is 23.4 Å². The minimum Gasteiger partial charge on any atom is -0.475 e. The predicted molar refractivity (Wildman–Crippen MR) is 132 cm³/mol. The zero-order chi connectivity index (χ0) is 25.4. The van der Waals surface area contributed by atoms with Crippen molar-refractivity contribution in [3.05, 3.63) is 95.1 Å². The van der Waals surface area contributed by atoms with E-state index >= 15 is 0 Å². The van der Waals surface area contributed by atoms with Gasteiger partial charge in [-0.25, -0.2) is 14.5 Å². The smallest absolute Gasteiger partial charge is 0.371 e. The number of amides is 4. The van der Waals surface area contributed by atoms with Crippen molar-refractivity contribution < 1.29 is 28.7 Å². The van der Waals surface area contributed by atoms with E-state index in [-0.39, 0.29) is 17.9 Å². The number of fused-ring (bicyclic) bond motifs is 1. The number of hydrogen-bond acceptors (Lipinski definition) is 5. The van der Waals surface area contributed by atoms with E-state index in [1.807, 2.05) is 47.9 Å². The van der Waals surface area contributed by atoms with Gasteiger partial charge in [0.05, 0.1) is 12.2 Å². The summed E-state index contributed by atoms with van der Waals surface area (Å²) in [4.78, 5) is 50.9. The van der Waals surface area contributed by atoms with Crippen LogP contribution in [0.2, 0.25) is 0 Å². The summed E-state index contributed by atoms with van der Waals surface area (Å²) in [6.45, 7) is 2.16. The van der Waals surface area contributed by atoms with Gasteiger partial charge in [0.15, 0.2) is 0 Å². The Morgan fingerprint density at radius 1 is 1.03 bits per heavy atom. The number of rotatable bonds is 6. The topological polar surface area (TPSA) is 122 Å². The molecule has 1 aliphatic heterocycles. The highest BCUT2D eigenvalue weighted by Crippen LogP contribution is 2.29. The fourth-order valence-corrected chi connectivity index (χ4v) is 4.33. The van der Waals surface area contributed by atoms with E-state index in [4.69, 9.17) is 9.52 Å². The van der Waals surface area contributed by atoms with Crippen molar-refractivity contribution in [2.75, 3.05) is 4.90 Å². The summed E-state index contributed by atoms with van der Waals surface area (Å²) in [7, 11) is 0. The molecule has 2 N–H and O–H groups in total. The molecule has 36 heavy (non-hydrogen) atoms. The number of aromatic nitrogens is 1. The van der Waals surface area contributed by atoms with E-state index in [2.05, 4.69) is 5.32 Å². The van der Waals surface area contributed by atoms with Gasteiger partial charge < -0.3 is 14.1 Å². The number of carboxylic acids is 1. The first-order chi connectivity index (χ1) is 17.4. The van der Waals surface area contributed by atoms with E-state index in [0.717, 1.165) is 21.4 Å². The lowest BCUT2D eigenvalue weighted by Gasteiger charge is -2.27. The minimum atomic E-state index is -1.16. The van der Waals surface area contributed by atoms with Crippen LogP contribution in [0.5, 0.6) is 0 Å². The first kappa shape index (κ1) is 22.9. The Balaban J connectivity index is 1.56. The van der Waals surface area contributed by atoms with E-state index in [1.54, 1.807) is 24.4 Å². The van der Waals surface area contributed by atoms with Gasteiger partial charge in [-0.3, -0.25) is 14.9 Å². The standard InChI is InChI=1S/C27H21N3O6/c1-2-16-7-3-5-9-21(16)30-25(32)20(24(31)28-27(30)35)13-17-14-29(22-10-6-4-8-19(17)22)15-18-11-12-23(36-18)26(33)34/h3-14H,2,15H2,1H3,(H,33,34)(H,28,31,35)/b20-13+. The van der Waals surface area contributed by atoms with E-state index < -0.39 is 23.8 Å². The van der Waals surface area contributed by atoms with E-state index in [1.165, 1.54) is 12.1 Å². The van der Waals surface area contributed by atoms with Gasteiger partial charge in [0.2, 0.25) is 5.76 Å². The molecule has 180 valence electrons. The van der Waals surface area contributed by atoms with Crippen molar-refractivity contribution >= 4 is 46.5 Å². The number of aryl methyl sites for hydroxylation is 1. The molecule has 0 atom stereocenters. The molecule has 0 unspecified atom stereocenters. The summed E-state index contributed by atoms with van der Waals surface area (Å²) in [5.41, 5.74) is 2.44. The van der Waals surface area contributed by atoms with Gasteiger partial charge in [-0.1, -0.05) is 43.3 Å². The zero-order valence-corrected chi connectivity index (χ0v) is 19.2. The van der Waals surface area contributed by atoms with Crippen LogP contribution in [0, 0.1) is 0 Å². The molecule has 0 saturated carbocycles. The van der Waals surface area contributed by atoms with Crippen LogP contribution >= 0.6 is 0 Å². The summed E-state index contributed by atoms with van der Waals surface area (Å²) >= 11 is 0. The quantitative estimate of drug-likeness (QED) is 0.313. The number of carboxylic acid groups (broad SMARTS) is 1. The number of aromatic carboxylic acids is 1. The summed E-state index contributed by atoms with van der Waals surface area (Å²) < 4.78 is 7.23. The van der Waals surface area contributed by atoms with Crippen LogP contribution < -0.4 is 10.2 Å². The molecule has 0 radical (unpaired) electrons. The van der Waals surface area contributed by atoms with Crippen molar-refractivity contribution in [2.45, 2.75) is 19.9 Å². The number of nitrogens with zero attached hydrogens (tertiary/aromatic N) is 2. The Morgan fingerprint density at radius 2 is 1.78 bits per heavy atom. The van der Waals surface area contributed by atoms with Gasteiger partial charge in [0.25, 0.3) is 11.8 Å². The molecule has 2 aromatic heterocycles. The molecule has 0 spiro atoms. The molecule has 9 heteroatoms. The average Bonchev–Trinajstić information content (AvgIpc) is 3.47. The molecule has 3 heterocycles. The van der Waals surface area contributed by atoms with Crippen LogP contribution in [0.4, 0.5) is 10.5 Å². The number of carbonyl (C=O) groups is 4. The molecule has 0 aliphatic carbocycles. The molecular weight excluding hydrogens is 462 g/mol. The van der Waals surface area contributed by atoms with Crippen molar-refractivity contribution in [3.8, 4) is 0 Å². The third-order valence-electron chi connectivity index (χ3n) is 6.03. The highest BCUT2D eigenvalue weighted by atomic mass is 16.4. The molecular formula is C27H21N3O6. The number of urea groups is 1. The maximum Gasteiger partial charge on any atom is 0.371 e. The summed E-state index contributed by atoms with van der Waals surface area (Å²) in [5, 5.41) is 12.2. The Bertz CT molecular complexity index is 1580. The molecule has 0 bridgehead atoms. The maximum atomic E-state index is 13.4. The number of benzene rings is 2. The molecule has 9 nitrogen and oxygen atoms in total. The van der Waals surface area contributed by atoms with Crippen molar-refractivity contribution in [2.24, 2.45) is 0 Å². The lowest BCUT2D eigenvalue weighted by molar-refractivity contribution is -0.122. The van der Waals surface area contributed by atoms with Gasteiger partial charge in [-0.05, 0) is 42.3 Å². The second-order valence-corrected chi connectivity index (χ2v) is 8.24. The fraction of sp³-hybridized carbons (Fsp3) is 0.111. The monoisotopic (exact) mass is 483 g/mol. The SMILES string of the molecule is CCc1ccccc1N1C(=O)NC(=O)/C(=C\c2cn(Cc3ccc(C(=O)O)o3)c3ccccc23)C1=O. The number of hydrogen-bond donors (Lipinski definition) is 2. The number of nitrogens with one attached hydrogen (secondary N) is 1. The van der Waals surface area contributed by atoms with Gasteiger partial charge in [-0.2, -0.15) is 0 Å². The summed E-state index contributed by atoms with van der Waals surface area (Å²) in [5.74, 6) is -2.37. The first-order valence-electron chi connectivity index (χ1n) is 11.3. The number of carbonyl (C=O) groups excluding carboxylic acids is 3. The second kappa shape index (κ2) is 9.03. The molecule has 4 aromatic rings. The maximum absolute atomic E-state index is 13.4. The summed E-state index contributed by atoms with van der Waals surface area (Å²) in [6.07, 6.45) is 3.82. The van der Waals surface area contributed by atoms with Crippen LogP contribution in [0.3, 0.4) is 0 Å². The number of imide groups is 2.